The minimum atomic E-state index is -3.53. The van der Waals surface area contributed by atoms with Crippen molar-refractivity contribution in [3.8, 4) is 0 Å². The molecule has 0 unspecified atom stereocenters. The number of carbonyl (C=O) groups is 2. The third-order valence-electron chi connectivity index (χ3n) is 7.72. The minimum absolute atomic E-state index is 0.132. The van der Waals surface area contributed by atoms with Gasteiger partial charge in [-0.2, -0.15) is 0 Å². The molecule has 0 aliphatic heterocycles. The fraction of sp³-hybridized carbons (Fsp3) is 0.533. The van der Waals surface area contributed by atoms with Gasteiger partial charge in [0.2, 0.25) is 21.8 Å². The highest BCUT2D eigenvalue weighted by atomic mass is 32.2. The Morgan fingerprint density at radius 2 is 1.63 bits per heavy atom. The van der Waals surface area contributed by atoms with E-state index in [-0.39, 0.29) is 30.8 Å². The van der Waals surface area contributed by atoms with E-state index in [0.717, 1.165) is 47.9 Å². The maximum absolute atomic E-state index is 13.6. The van der Waals surface area contributed by atoms with Crippen molar-refractivity contribution in [2.75, 3.05) is 17.1 Å². The first-order valence-corrected chi connectivity index (χ1v) is 15.5. The van der Waals surface area contributed by atoms with Crippen molar-refractivity contribution in [3.05, 3.63) is 64.7 Å². The monoisotopic (exact) mass is 541 g/mol. The molecule has 3 rings (SSSR count). The molecule has 1 aliphatic carbocycles. The fourth-order valence-electron chi connectivity index (χ4n) is 5.11. The van der Waals surface area contributed by atoms with Gasteiger partial charge in [0.05, 0.1) is 11.9 Å². The molecule has 2 aromatic carbocycles. The van der Waals surface area contributed by atoms with Crippen LogP contribution in [0.4, 0.5) is 5.69 Å². The molecule has 0 aromatic heterocycles. The molecule has 0 saturated heterocycles. The van der Waals surface area contributed by atoms with Gasteiger partial charge in [-0.05, 0) is 75.3 Å². The molecule has 1 aliphatic rings. The zero-order valence-corrected chi connectivity index (χ0v) is 24.3. The number of anilines is 1. The van der Waals surface area contributed by atoms with Crippen LogP contribution in [0.25, 0.3) is 0 Å². The number of amides is 2. The number of hydrogen-bond donors (Lipinski definition) is 1. The average Bonchev–Trinajstić information content (AvgIpc) is 2.87. The lowest BCUT2D eigenvalue weighted by Gasteiger charge is -2.32. The maximum atomic E-state index is 13.6. The van der Waals surface area contributed by atoms with Crippen molar-refractivity contribution in [2.45, 2.75) is 91.3 Å². The zero-order chi connectivity index (χ0) is 27.9. The predicted octanol–water partition coefficient (Wildman–Crippen LogP) is 5.02. The van der Waals surface area contributed by atoms with Crippen molar-refractivity contribution < 1.29 is 18.0 Å². The Balaban J connectivity index is 1.75. The number of benzene rings is 2. The summed E-state index contributed by atoms with van der Waals surface area (Å²) >= 11 is 0. The van der Waals surface area contributed by atoms with Crippen LogP contribution < -0.4 is 9.62 Å². The minimum Gasteiger partial charge on any atom is -0.352 e. The van der Waals surface area contributed by atoms with Crippen molar-refractivity contribution in [3.63, 3.8) is 0 Å². The summed E-state index contributed by atoms with van der Waals surface area (Å²) in [7, 11) is -3.53. The molecule has 0 bridgehead atoms. The summed E-state index contributed by atoms with van der Waals surface area (Å²) < 4.78 is 26.7. The van der Waals surface area contributed by atoms with Crippen LogP contribution in [0.15, 0.2) is 42.5 Å². The van der Waals surface area contributed by atoms with Crippen LogP contribution >= 0.6 is 0 Å². The highest BCUT2D eigenvalue weighted by molar-refractivity contribution is 7.92. The van der Waals surface area contributed by atoms with Crippen LogP contribution in [0.3, 0.4) is 0 Å². The Hall–Kier alpha value is -2.87. The van der Waals surface area contributed by atoms with E-state index in [9.17, 15) is 18.0 Å². The first kappa shape index (κ1) is 29.7. The van der Waals surface area contributed by atoms with Gasteiger partial charge in [-0.3, -0.25) is 13.9 Å². The summed E-state index contributed by atoms with van der Waals surface area (Å²) in [4.78, 5) is 28.4. The van der Waals surface area contributed by atoms with Crippen molar-refractivity contribution in [1.82, 2.24) is 10.2 Å². The van der Waals surface area contributed by atoms with Gasteiger partial charge < -0.3 is 10.2 Å². The van der Waals surface area contributed by atoms with Gasteiger partial charge >= 0.3 is 0 Å². The highest BCUT2D eigenvalue weighted by Crippen LogP contribution is 2.26. The van der Waals surface area contributed by atoms with Gasteiger partial charge in [0.15, 0.2) is 0 Å². The lowest BCUT2D eigenvalue weighted by Crippen LogP contribution is -2.50. The van der Waals surface area contributed by atoms with E-state index in [0.29, 0.717) is 18.7 Å². The first-order chi connectivity index (χ1) is 18.0. The number of sulfonamides is 1. The molecule has 38 heavy (non-hydrogen) atoms. The zero-order valence-electron chi connectivity index (χ0n) is 23.5. The third kappa shape index (κ3) is 7.82. The third-order valence-corrected chi connectivity index (χ3v) is 8.90. The largest absolute Gasteiger partial charge is 0.352 e. The quantitative estimate of drug-likeness (QED) is 0.433. The van der Waals surface area contributed by atoms with E-state index >= 15 is 0 Å². The Morgan fingerprint density at radius 1 is 0.974 bits per heavy atom. The molecule has 1 N–H and O–H groups in total. The van der Waals surface area contributed by atoms with E-state index in [1.165, 1.54) is 17.0 Å². The van der Waals surface area contributed by atoms with E-state index in [4.69, 9.17) is 0 Å². The topological polar surface area (TPSA) is 86.8 Å². The number of nitrogens with zero attached hydrogens (tertiary/aromatic N) is 2. The molecule has 2 aromatic rings. The lowest BCUT2D eigenvalue weighted by atomic mass is 9.95. The summed E-state index contributed by atoms with van der Waals surface area (Å²) in [5.41, 5.74) is 4.60. The number of nitrogens with one attached hydrogen (secondary N) is 1. The van der Waals surface area contributed by atoms with Gasteiger partial charge in [-0.25, -0.2) is 8.42 Å². The normalized spacial score (nSPS) is 15.1. The molecule has 2 amide bonds. The summed E-state index contributed by atoms with van der Waals surface area (Å²) in [5.74, 6) is -0.291. The molecule has 0 radical (unpaired) electrons. The predicted molar refractivity (Wildman–Crippen MR) is 154 cm³/mol. The van der Waals surface area contributed by atoms with Crippen LogP contribution in [-0.2, 0) is 26.2 Å². The van der Waals surface area contributed by atoms with Crippen molar-refractivity contribution in [2.24, 2.45) is 0 Å². The fourth-order valence-corrected chi connectivity index (χ4v) is 6.13. The van der Waals surface area contributed by atoms with Crippen LogP contribution in [0.5, 0.6) is 0 Å². The second-order valence-corrected chi connectivity index (χ2v) is 12.5. The standard InChI is InChI=1S/C30H43N3O4S/c1-22-14-11-18-28(24(22)3)33(38(5,36)37)20-12-19-29(34)32(21-26-15-10-9-13-23(26)2)25(4)30(35)31-27-16-7-6-8-17-27/h9-11,13-15,18,25,27H,6-8,12,16-17,19-21H2,1-5H3,(H,31,35)/t25-/m0/s1. The van der Waals surface area contributed by atoms with Gasteiger partial charge in [0.1, 0.15) is 6.04 Å². The molecule has 0 heterocycles. The summed E-state index contributed by atoms with van der Waals surface area (Å²) in [6, 6.07) is 13.0. The SMILES string of the molecule is Cc1ccccc1CN(C(=O)CCCN(c1cccc(C)c1C)S(C)(=O)=O)[C@@H](C)C(=O)NC1CCCCC1. The van der Waals surface area contributed by atoms with E-state index < -0.39 is 16.1 Å². The summed E-state index contributed by atoms with van der Waals surface area (Å²) in [6.07, 6.45) is 7.06. The molecule has 7 nitrogen and oxygen atoms in total. The maximum Gasteiger partial charge on any atom is 0.242 e. The van der Waals surface area contributed by atoms with Crippen molar-refractivity contribution in [1.29, 1.82) is 0 Å². The number of hydrogen-bond acceptors (Lipinski definition) is 4. The van der Waals surface area contributed by atoms with Gasteiger partial charge in [-0.15, -0.1) is 0 Å². The highest BCUT2D eigenvalue weighted by Gasteiger charge is 2.29. The number of carbonyl (C=O) groups excluding carboxylic acids is 2. The van der Waals surface area contributed by atoms with Crippen LogP contribution in [0, 0.1) is 20.8 Å². The van der Waals surface area contributed by atoms with Crippen LogP contribution in [0.2, 0.25) is 0 Å². The Bertz CT molecular complexity index is 1220. The smallest absolute Gasteiger partial charge is 0.242 e. The number of rotatable bonds is 11. The summed E-state index contributed by atoms with van der Waals surface area (Å²) in [6.45, 7) is 8.16. The molecule has 8 heteroatoms. The van der Waals surface area contributed by atoms with Crippen LogP contribution in [-0.4, -0.2) is 50.0 Å². The van der Waals surface area contributed by atoms with Gasteiger partial charge in [0, 0.05) is 25.6 Å². The lowest BCUT2D eigenvalue weighted by molar-refractivity contribution is -0.141. The molecular formula is C30H43N3O4S. The Kier molecular flexibility index (Phi) is 10.4. The molecule has 1 atom stereocenters. The Morgan fingerprint density at radius 3 is 2.29 bits per heavy atom. The summed E-state index contributed by atoms with van der Waals surface area (Å²) in [5, 5.41) is 3.16. The molecular weight excluding hydrogens is 498 g/mol. The first-order valence-electron chi connectivity index (χ1n) is 13.7. The molecule has 0 spiro atoms. The van der Waals surface area contributed by atoms with Gasteiger partial charge in [-0.1, -0.05) is 55.7 Å². The van der Waals surface area contributed by atoms with Crippen molar-refractivity contribution >= 4 is 27.5 Å². The number of aryl methyl sites for hydroxylation is 2. The van der Waals surface area contributed by atoms with E-state index in [1.54, 1.807) is 17.9 Å². The van der Waals surface area contributed by atoms with E-state index in [2.05, 4.69) is 5.32 Å². The molecule has 208 valence electrons. The van der Waals surface area contributed by atoms with Gasteiger partial charge in [0.25, 0.3) is 0 Å². The second kappa shape index (κ2) is 13.3. The molecule has 1 saturated carbocycles. The molecule has 1 fully saturated rings. The Labute approximate surface area is 228 Å². The second-order valence-electron chi connectivity index (χ2n) is 10.6. The van der Waals surface area contributed by atoms with E-state index in [1.807, 2.05) is 57.2 Å². The average molecular weight is 542 g/mol. The van der Waals surface area contributed by atoms with Crippen LogP contribution in [0.1, 0.15) is 74.1 Å².